The highest BCUT2D eigenvalue weighted by Crippen LogP contribution is 2.44. The van der Waals surface area contributed by atoms with Crippen LogP contribution >= 0.6 is 50.5 Å². The van der Waals surface area contributed by atoms with Crippen molar-refractivity contribution in [2.75, 3.05) is 5.73 Å². The van der Waals surface area contributed by atoms with Gasteiger partial charge in [0.1, 0.15) is 0 Å². The van der Waals surface area contributed by atoms with Crippen LogP contribution in [0, 0.1) is 0 Å². The fraction of sp³-hybridized carbons (Fsp3) is 0. The van der Waals surface area contributed by atoms with Crippen molar-refractivity contribution in [1.29, 1.82) is 0 Å². The van der Waals surface area contributed by atoms with Gasteiger partial charge < -0.3 is 10.3 Å². The van der Waals surface area contributed by atoms with Gasteiger partial charge in [-0.1, -0.05) is 34.4 Å². The second-order valence-corrected chi connectivity index (χ2v) is 7.11. The molecule has 0 aliphatic rings. The minimum absolute atomic E-state index is 0.261. The minimum Gasteiger partial charge on any atom is -0.380 e. The fourth-order valence-corrected chi connectivity index (χ4v) is 3.63. The number of hydrogen-bond acceptors (Lipinski definition) is 4. The van der Waals surface area contributed by atoms with E-state index in [2.05, 4.69) is 21.1 Å². The average Bonchev–Trinajstić information content (AvgIpc) is 2.97. The van der Waals surface area contributed by atoms with E-state index in [9.17, 15) is 0 Å². The summed E-state index contributed by atoms with van der Waals surface area (Å²) in [5, 5.41) is 6.78. The van der Waals surface area contributed by atoms with E-state index in [1.165, 1.54) is 0 Å². The molecule has 0 aliphatic heterocycles. The summed E-state index contributed by atoms with van der Waals surface area (Å²) in [6, 6.07) is 7.21. The lowest BCUT2D eigenvalue weighted by Crippen LogP contribution is -1.90. The van der Waals surface area contributed by atoms with Crippen molar-refractivity contribution in [1.82, 2.24) is 5.16 Å². The lowest BCUT2D eigenvalue weighted by atomic mass is 10.0. The van der Waals surface area contributed by atoms with Gasteiger partial charge in [0.2, 0.25) is 0 Å². The maximum absolute atomic E-state index is 6.24. The third-order valence-electron chi connectivity index (χ3n) is 2.76. The lowest BCUT2D eigenvalue weighted by molar-refractivity contribution is 0.436. The molecule has 0 atom stereocenters. The fourth-order valence-electron chi connectivity index (χ4n) is 1.91. The first-order valence-corrected chi connectivity index (χ1v) is 7.94. The van der Waals surface area contributed by atoms with Gasteiger partial charge in [-0.2, -0.15) is 0 Å². The van der Waals surface area contributed by atoms with Crippen LogP contribution in [-0.2, 0) is 0 Å². The van der Waals surface area contributed by atoms with Crippen LogP contribution in [0.4, 0.5) is 5.82 Å². The van der Waals surface area contributed by atoms with Gasteiger partial charge in [0.25, 0.3) is 0 Å². The van der Waals surface area contributed by atoms with Gasteiger partial charge in [0.15, 0.2) is 11.6 Å². The number of thiophene rings is 1. The zero-order valence-electron chi connectivity index (χ0n) is 9.86. The summed E-state index contributed by atoms with van der Waals surface area (Å²) in [5.41, 5.74) is 8.05. The van der Waals surface area contributed by atoms with Crippen LogP contribution < -0.4 is 5.73 Å². The Kier molecular flexibility index (Phi) is 3.77. The first-order chi connectivity index (χ1) is 9.58. The largest absolute Gasteiger partial charge is 0.380 e. The number of nitrogen functional groups attached to an aromatic ring is 1. The summed E-state index contributed by atoms with van der Waals surface area (Å²) in [4.78, 5) is 0. The van der Waals surface area contributed by atoms with E-state index in [0.29, 0.717) is 26.9 Å². The Morgan fingerprint density at radius 3 is 2.50 bits per heavy atom. The molecule has 0 fully saturated rings. The smallest absolute Gasteiger partial charge is 0.177 e. The van der Waals surface area contributed by atoms with Crippen molar-refractivity contribution in [3.63, 3.8) is 0 Å². The highest BCUT2D eigenvalue weighted by Gasteiger charge is 2.22. The van der Waals surface area contributed by atoms with Crippen molar-refractivity contribution in [3.8, 4) is 22.5 Å². The maximum atomic E-state index is 6.24. The number of benzene rings is 1. The molecule has 20 heavy (non-hydrogen) atoms. The van der Waals surface area contributed by atoms with Crippen molar-refractivity contribution < 1.29 is 4.52 Å². The standard InChI is InChI=1S/C13H7BrCl2N2OS/c14-9-4-6(5-20-9)12-11(13(17)18-19-12)10-7(15)2-1-3-8(10)16/h1-5H,(H2,17,18). The second kappa shape index (κ2) is 5.41. The Labute approximate surface area is 137 Å². The van der Waals surface area contributed by atoms with Crippen molar-refractivity contribution >= 4 is 56.3 Å². The van der Waals surface area contributed by atoms with Crippen molar-refractivity contribution in [2.45, 2.75) is 0 Å². The number of anilines is 1. The Morgan fingerprint density at radius 2 is 1.90 bits per heavy atom. The number of nitrogens with zero attached hydrogens (tertiary/aromatic N) is 1. The van der Waals surface area contributed by atoms with Crippen LogP contribution in [-0.4, -0.2) is 5.16 Å². The summed E-state index contributed by atoms with van der Waals surface area (Å²) < 4.78 is 6.34. The van der Waals surface area contributed by atoms with Gasteiger partial charge in [0, 0.05) is 16.5 Å². The van der Waals surface area contributed by atoms with Gasteiger partial charge >= 0.3 is 0 Å². The van der Waals surface area contributed by atoms with E-state index < -0.39 is 0 Å². The third-order valence-corrected chi connectivity index (χ3v) is 4.90. The van der Waals surface area contributed by atoms with E-state index >= 15 is 0 Å². The third kappa shape index (κ3) is 2.35. The van der Waals surface area contributed by atoms with E-state index in [-0.39, 0.29) is 5.82 Å². The summed E-state index contributed by atoms with van der Waals surface area (Å²) >= 11 is 17.4. The molecule has 102 valence electrons. The molecule has 0 saturated heterocycles. The molecule has 1 aromatic carbocycles. The maximum Gasteiger partial charge on any atom is 0.177 e. The number of hydrogen-bond donors (Lipinski definition) is 1. The molecular weight excluding hydrogens is 383 g/mol. The van der Waals surface area contributed by atoms with E-state index in [4.69, 9.17) is 33.5 Å². The Balaban J connectivity index is 2.27. The molecule has 0 bridgehead atoms. The Morgan fingerprint density at radius 1 is 1.20 bits per heavy atom. The molecule has 0 radical (unpaired) electrons. The van der Waals surface area contributed by atoms with E-state index in [0.717, 1.165) is 9.35 Å². The molecule has 3 rings (SSSR count). The molecule has 3 nitrogen and oxygen atoms in total. The van der Waals surface area contributed by atoms with Crippen LogP contribution in [0.2, 0.25) is 10.0 Å². The van der Waals surface area contributed by atoms with Crippen LogP contribution in [0.5, 0.6) is 0 Å². The molecule has 0 spiro atoms. The molecule has 2 aromatic heterocycles. The zero-order chi connectivity index (χ0) is 14.3. The van der Waals surface area contributed by atoms with Gasteiger partial charge in [-0.05, 0) is 34.1 Å². The first kappa shape index (κ1) is 13.9. The normalized spacial score (nSPS) is 10.9. The summed E-state index contributed by atoms with van der Waals surface area (Å²) in [7, 11) is 0. The SMILES string of the molecule is Nc1noc(-c2csc(Br)c2)c1-c1c(Cl)cccc1Cl. The van der Waals surface area contributed by atoms with Crippen LogP contribution in [0.3, 0.4) is 0 Å². The van der Waals surface area contributed by atoms with Gasteiger partial charge in [-0.25, -0.2) is 0 Å². The number of halogens is 3. The van der Waals surface area contributed by atoms with Gasteiger partial charge in [-0.15, -0.1) is 11.3 Å². The lowest BCUT2D eigenvalue weighted by Gasteiger charge is -2.06. The van der Waals surface area contributed by atoms with E-state index in [1.807, 2.05) is 11.4 Å². The molecule has 2 N–H and O–H groups in total. The molecule has 0 unspecified atom stereocenters. The van der Waals surface area contributed by atoms with Crippen molar-refractivity contribution in [3.05, 3.63) is 43.5 Å². The quantitative estimate of drug-likeness (QED) is 0.609. The summed E-state index contributed by atoms with van der Waals surface area (Å²) in [6.45, 7) is 0. The Bertz CT molecular complexity index is 764. The summed E-state index contributed by atoms with van der Waals surface area (Å²) in [6.07, 6.45) is 0. The molecule has 3 aromatic rings. The highest BCUT2D eigenvalue weighted by molar-refractivity contribution is 9.11. The van der Waals surface area contributed by atoms with Crippen molar-refractivity contribution in [2.24, 2.45) is 0 Å². The van der Waals surface area contributed by atoms with Crippen LogP contribution in [0.15, 0.2) is 38.0 Å². The molecular formula is C13H7BrCl2N2OS. The number of aromatic nitrogens is 1. The highest BCUT2D eigenvalue weighted by atomic mass is 79.9. The van der Waals surface area contributed by atoms with Crippen LogP contribution in [0.25, 0.3) is 22.5 Å². The molecule has 7 heteroatoms. The van der Waals surface area contributed by atoms with Gasteiger partial charge in [-0.3, -0.25) is 0 Å². The second-order valence-electron chi connectivity index (χ2n) is 4.01. The predicted molar refractivity (Wildman–Crippen MR) is 87.4 cm³/mol. The van der Waals surface area contributed by atoms with Gasteiger partial charge in [0.05, 0.1) is 19.4 Å². The number of nitrogens with two attached hydrogens (primary N) is 1. The molecule has 0 saturated carbocycles. The average molecular weight is 390 g/mol. The number of rotatable bonds is 2. The molecule has 0 aliphatic carbocycles. The molecule has 0 amide bonds. The van der Waals surface area contributed by atoms with Crippen LogP contribution in [0.1, 0.15) is 0 Å². The first-order valence-electron chi connectivity index (χ1n) is 5.52. The zero-order valence-corrected chi connectivity index (χ0v) is 13.8. The Hall–Kier alpha value is -1.01. The minimum atomic E-state index is 0.261. The monoisotopic (exact) mass is 388 g/mol. The topological polar surface area (TPSA) is 52.0 Å². The predicted octanol–water partition coefficient (Wildman–Crippen LogP) is 5.72. The summed E-state index contributed by atoms with van der Waals surface area (Å²) in [5.74, 6) is 0.816. The molecule has 2 heterocycles. The van der Waals surface area contributed by atoms with E-state index in [1.54, 1.807) is 29.5 Å².